The summed E-state index contributed by atoms with van der Waals surface area (Å²) >= 11 is 0. The standard InChI is InChI=1S/C21H30N2O3/c1-25-17-6-2-5-16(13-17)19-14-20(19)21(24)23-9-4-8-22(10-11-23)15-18-7-3-12-26-18/h2,5-6,13,18-20H,3-4,7-12,14-15H2,1H3/t18?,19-,20+/m0/s1. The lowest BCUT2D eigenvalue weighted by Gasteiger charge is -2.24. The number of hydrogen-bond acceptors (Lipinski definition) is 4. The van der Waals surface area contributed by atoms with E-state index in [4.69, 9.17) is 9.47 Å². The second-order valence-corrected chi connectivity index (χ2v) is 7.84. The average Bonchev–Trinajstić information content (AvgIpc) is 3.37. The molecule has 3 fully saturated rings. The van der Waals surface area contributed by atoms with E-state index in [1.54, 1.807) is 7.11 Å². The predicted octanol–water partition coefficient (Wildman–Crippen LogP) is 2.51. The number of rotatable bonds is 5. The first kappa shape index (κ1) is 17.8. The van der Waals surface area contributed by atoms with Crippen molar-refractivity contribution in [3.63, 3.8) is 0 Å². The zero-order valence-electron chi connectivity index (χ0n) is 15.7. The first-order chi connectivity index (χ1) is 12.7. The Bertz CT molecular complexity index is 629. The number of ether oxygens (including phenoxy) is 2. The quantitative estimate of drug-likeness (QED) is 0.811. The normalized spacial score (nSPS) is 29.4. The summed E-state index contributed by atoms with van der Waals surface area (Å²) < 4.78 is 11.1. The molecule has 2 saturated heterocycles. The number of nitrogens with zero attached hydrogens (tertiary/aromatic N) is 2. The molecule has 0 bridgehead atoms. The molecule has 5 heteroatoms. The number of amides is 1. The minimum atomic E-state index is 0.159. The van der Waals surface area contributed by atoms with Crippen LogP contribution in [0.25, 0.3) is 0 Å². The van der Waals surface area contributed by atoms with E-state index in [0.717, 1.165) is 57.9 Å². The third kappa shape index (κ3) is 4.04. The lowest BCUT2D eigenvalue weighted by Crippen LogP contribution is -2.38. The molecule has 0 aromatic heterocycles. The largest absolute Gasteiger partial charge is 0.497 e. The van der Waals surface area contributed by atoms with E-state index in [0.29, 0.717) is 17.9 Å². The van der Waals surface area contributed by atoms with Crippen molar-refractivity contribution < 1.29 is 14.3 Å². The maximum atomic E-state index is 13.0. The van der Waals surface area contributed by atoms with Crippen molar-refractivity contribution in [3.8, 4) is 5.75 Å². The summed E-state index contributed by atoms with van der Waals surface area (Å²) in [5, 5.41) is 0. The average molecular weight is 358 g/mol. The molecule has 3 aliphatic rings. The Labute approximate surface area is 156 Å². The van der Waals surface area contributed by atoms with Gasteiger partial charge >= 0.3 is 0 Å². The minimum absolute atomic E-state index is 0.159. The maximum absolute atomic E-state index is 13.0. The van der Waals surface area contributed by atoms with Crippen molar-refractivity contribution in [1.29, 1.82) is 0 Å². The van der Waals surface area contributed by atoms with E-state index in [1.165, 1.54) is 18.4 Å². The fourth-order valence-corrected chi connectivity index (χ4v) is 4.39. The van der Waals surface area contributed by atoms with Crippen LogP contribution in [0.5, 0.6) is 5.75 Å². The molecule has 5 nitrogen and oxygen atoms in total. The highest BCUT2D eigenvalue weighted by Crippen LogP contribution is 2.49. The number of carbonyl (C=O) groups is 1. The summed E-state index contributed by atoms with van der Waals surface area (Å²) in [6.45, 7) is 5.74. The van der Waals surface area contributed by atoms with E-state index >= 15 is 0 Å². The molecule has 0 N–H and O–H groups in total. The molecule has 26 heavy (non-hydrogen) atoms. The van der Waals surface area contributed by atoms with Crippen molar-refractivity contribution in [1.82, 2.24) is 9.80 Å². The van der Waals surface area contributed by atoms with Gasteiger partial charge in [-0.15, -0.1) is 0 Å². The van der Waals surface area contributed by atoms with Crippen LogP contribution in [-0.2, 0) is 9.53 Å². The smallest absolute Gasteiger partial charge is 0.226 e. The molecular formula is C21H30N2O3. The van der Waals surface area contributed by atoms with Crippen LogP contribution < -0.4 is 4.74 Å². The van der Waals surface area contributed by atoms with Gasteiger partial charge in [0.25, 0.3) is 0 Å². The van der Waals surface area contributed by atoms with Gasteiger partial charge in [-0.3, -0.25) is 9.69 Å². The Balaban J connectivity index is 1.30. The molecule has 142 valence electrons. The van der Waals surface area contributed by atoms with Crippen LogP contribution in [0, 0.1) is 5.92 Å². The van der Waals surface area contributed by atoms with Gasteiger partial charge in [0.05, 0.1) is 13.2 Å². The van der Waals surface area contributed by atoms with Gasteiger partial charge in [0.15, 0.2) is 0 Å². The molecule has 3 atom stereocenters. The summed E-state index contributed by atoms with van der Waals surface area (Å²) in [5.74, 6) is 1.74. The van der Waals surface area contributed by atoms with E-state index in [9.17, 15) is 4.79 Å². The highest BCUT2D eigenvalue weighted by atomic mass is 16.5. The predicted molar refractivity (Wildman–Crippen MR) is 100 cm³/mol. The second-order valence-electron chi connectivity index (χ2n) is 7.84. The molecule has 0 spiro atoms. The Morgan fingerprint density at radius 1 is 1.23 bits per heavy atom. The van der Waals surface area contributed by atoms with Crippen molar-refractivity contribution in [2.45, 2.75) is 37.7 Å². The topological polar surface area (TPSA) is 42.0 Å². The number of methoxy groups -OCH3 is 1. The van der Waals surface area contributed by atoms with Gasteiger partial charge in [-0.2, -0.15) is 0 Å². The number of carbonyl (C=O) groups excluding carboxylic acids is 1. The van der Waals surface area contributed by atoms with Gasteiger partial charge in [-0.05, 0) is 55.8 Å². The fraction of sp³-hybridized carbons (Fsp3) is 0.667. The molecule has 1 aromatic rings. The molecule has 1 amide bonds. The van der Waals surface area contributed by atoms with Gasteiger partial charge in [0, 0.05) is 38.7 Å². The van der Waals surface area contributed by atoms with Crippen LogP contribution in [0.2, 0.25) is 0 Å². The van der Waals surface area contributed by atoms with E-state index in [-0.39, 0.29) is 5.92 Å². The van der Waals surface area contributed by atoms with Gasteiger partial charge in [0.2, 0.25) is 5.91 Å². The van der Waals surface area contributed by atoms with Gasteiger partial charge in [-0.1, -0.05) is 12.1 Å². The second kappa shape index (κ2) is 7.97. The SMILES string of the molecule is COc1cccc([C@@H]2C[C@H]2C(=O)N2CCCN(CC3CCCO3)CC2)c1. The molecular weight excluding hydrogens is 328 g/mol. The number of hydrogen-bond donors (Lipinski definition) is 0. The van der Waals surface area contributed by atoms with Crippen LogP contribution >= 0.6 is 0 Å². The summed E-state index contributed by atoms with van der Waals surface area (Å²) in [6.07, 6.45) is 4.81. The van der Waals surface area contributed by atoms with Gasteiger partial charge in [-0.25, -0.2) is 0 Å². The van der Waals surface area contributed by atoms with Crippen LogP contribution in [0.3, 0.4) is 0 Å². The monoisotopic (exact) mass is 358 g/mol. The highest BCUT2D eigenvalue weighted by Gasteiger charge is 2.46. The molecule has 4 rings (SSSR count). The van der Waals surface area contributed by atoms with Crippen LogP contribution in [0.1, 0.15) is 37.2 Å². The van der Waals surface area contributed by atoms with Crippen molar-refractivity contribution >= 4 is 5.91 Å². The van der Waals surface area contributed by atoms with E-state index < -0.39 is 0 Å². The Hall–Kier alpha value is -1.59. The van der Waals surface area contributed by atoms with Crippen LogP contribution in [0.4, 0.5) is 0 Å². The van der Waals surface area contributed by atoms with E-state index in [2.05, 4.69) is 21.9 Å². The zero-order valence-corrected chi connectivity index (χ0v) is 15.7. The molecule has 1 saturated carbocycles. The Kier molecular flexibility index (Phi) is 5.46. The first-order valence-electron chi connectivity index (χ1n) is 10.0. The molecule has 2 heterocycles. The van der Waals surface area contributed by atoms with Gasteiger partial charge in [0.1, 0.15) is 5.75 Å². The van der Waals surface area contributed by atoms with Crippen molar-refractivity contribution in [2.75, 3.05) is 46.4 Å². The van der Waals surface area contributed by atoms with Crippen molar-refractivity contribution in [3.05, 3.63) is 29.8 Å². The van der Waals surface area contributed by atoms with Gasteiger partial charge < -0.3 is 14.4 Å². The lowest BCUT2D eigenvalue weighted by atomic mass is 10.1. The summed E-state index contributed by atoms with van der Waals surface area (Å²) in [6, 6.07) is 8.17. The Morgan fingerprint density at radius 3 is 2.96 bits per heavy atom. The zero-order chi connectivity index (χ0) is 17.9. The Morgan fingerprint density at radius 2 is 2.15 bits per heavy atom. The highest BCUT2D eigenvalue weighted by molar-refractivity contribution is 5.83. The fourth-order valence-electron chi connectivity index (χ4n) is 4.39. The molecule has 1 unspecified atom stereocenters. The minimum Gasteiger partial charge on any atom is -0.497 e. The van der Waals surface area contributed by atoms with E-state index in [1.807, 2.05) is 12.1 Å². The summed E-state index contributed by atoms with van der Waals surface area (Å²) in [4.78, 5) is 17.5. The molecule has 1 aromatic carbocycles. The molecule has 1 aliphatic carbocycles. The summed E-state index contributed by atoms with van der Waals surface area (Å²) in [7, 11) is 1.69. The van der Waals surface area contributed by atoms with Crippen LogP contribution in [-0.4, -0.2) is 68.3 Å². The first-order valence-corrected chi connectivity index (χ1v) is 10.0. The third-order valence-electron chi connectivity index (χ3n) is 6.02. The van der Waals surface area contributed by atoms with Crippen LogP contribution in [0.15, 0.2) is 24.3 Å². The van der Waals surface area contributed by atoms with Crippen molar-refractivity contribution in [2.24, 2.45) is 5.92 Å². The maximum Gasteiger partial charge on any atom is 0.226 e. The molecule has 2 aliphatic heterocycles. The lowest BCUT2D eigenvalue weighted by molar-refractivity contribution is -0.132. The number of benzene rings is 1. The third-order valence-corrected chi connectivity index (χ3v) is 6.02. The summed E-state index contributed by atoms with van der Waals surface area (Å²) in [5.41, 5.74) is 1.23. The molecule has 0 radical (unpaired) electrons.